The highest BCUT2D eigenvalue weighted by atomic mass is 19.1. The van der Waals surface area contributed by atoms with Gasteiger partial charge in [0.2, 0.25) is 5.91 Å². The minimum Gasteiger partial charge on any atom is -0.326 e. The summed E-state index contributed by atoms with van der Waals surface area (Å²) >= 11 is 0. The predicted molar refractivity (Wildman–Crippen MR) is 98.8 cm³/mol. The van der Waals surface area contributed by atoms with Crippen molar-refractivity contribution in [2.24, 2.45) is 5.92 Å². The summed E-state index contributed by atoms with van der Waals surface area (Å²) in [7, 11) is 0. The first kappa shape index (κ1) is 18.1. The van der Waals surface area contributed by atoms with E-state index in [-0.39, 0.29) is 17.6 Å². The van der Waals surface area contributed by atoms with Gasteiger partial charge in [-0.05, 0) is 61.3 Å². The molecule has 1 heterocycles. The van der Waals surface area contributed by atoms with Gasteiger partial charge in [-0.15, -0.1) is 0 Å². The van der Waals surface area contributed by atoms with Crippen LogP contribution in [0, 0.1) is 23.1 Å². The number of piperidine rings is 1. The Morgan fingerprint density at radius 3 is 2.31 bits per heavy atom. The summed E-state index contributed by atoms with van der Waals surface area (Å²) in [6.07, 6.45) is 2.01. The Bertz CT molecular complexity index is 772. The summed E-state index contributed by atoms with van der Waals surface area (Å²) in [5, 5.41) is 11.7. The number of carbonyl (C=O) groups excluding carboxylic acids is 1. The molecule has 1 aliphatic rings. The Balaban J connectivity index is 1.47. The van der Waals surface area contributed by atoms with Gasteiger partial charge in [0.15, 0.2) is 0 Å². The third kappa shape index (κ3) is 4.90. The molecule has 134 valence electrons. The maximum absolute atomic E-state index is 13.0. The van der Waals surface area contributed by atoms with Crippen LogP contribution in [0.5, 0.6) is 0 Å². The van der Waals surface area contributed by atoms with Gasteiger partial charge in [-0.3, -0.25) is 9.69 Å². The van der Waals surface area contributed by atoms with Crippen LogP contribution >= 0.6 is 0 Å². The number of nitriles is 1. The average Bonchev–Trinajstić information content (AvgIpc) is 2.66. The Hall–Kier alpha value is -2.71. The van der Waals surface area contributed by atoms with Crippen molar-refractivity contribution in [1.82, 2.24) is 4.90 Å². The molecule has 0 aliphatic carbocycles. The molecule has 5 heteroatoms. The van der Waals surface area contributed by atoms with Crippen LogP contribution < -0.4 is 5.32 Å². The van der Waals surface area contributed by atoms with Gasteiger partial charge in [0.25, 0.3) is 0 Å². The van der Waals surface area contributed by atoms with E-state index in [1.807, 2.05) is 36.4 Å². The minimum atomic E-state index is -0.218. The largest absolute Gasteiger partial charge is 0.326 e. The highest BCUT2D eigenvalue weighted by Crippen LogP contribution is 2.21. The van der Waals surface area contributed by atoms with E-state index in [0.717, 1.165) is 49.3 Å². The average molecular weight is 351 g/mol. The number of carbonyl (C=O) groups is 1. The summed E-state index contributed by atoms with van der Waals surface area (Å²) in [6.45, 7) is 2.50. The lowest BCUT2D eigenvalue weighted by molar-refractivity contribution is -0.121. The molecule has 2 aromatic rings. The van der Waals surface area contributed by atoms with Gasteiger partial charge in [0.1, 0.15) is 5.82 Å². The van der Waals surface area contributed by atoms with E-state index in [4.69, 9.17) is 5.26 Å². The molecule has 1 saturated heterocycles. The Labute approximate surface area is 153 Å². The molecule has 0 bridgehead atoms. The van der Waals surface area contributed by atoms with Crippen LogP contribution in [0.4, 0.5) is 10.1 Å². The smallest absolute Gasteiger partial charge is 0.227 e. The van der Waals surface area contributed by atoms with E-state index in [9.17, 15) is 9.18 Å². The molecule has 0 radical (unpaired) electrons. The maximum Gasteiger partial charge on any atom is 0.227 e. The van der Waals surface area contributed by atoms with Crippen molar-refractivity contribution in [3.63, 3.8) is 0 Å². The molecular formula is C21H22FN3O. The van der Waals surface area contributed by atoms with Gasteiger partial charge in [-0.2, -0.15) is 5.26 Å². The summed E-state index contributed by atoms with van der Waals surface area (Å²) in [5.74, 6) is -0.150. The molecule has 1 fully saturated rings. The summed E-state index contributed by atoms with van der Waals surface area (Å²) in [5.41, 5.74) is 2.80. The third-order valence-electron chi connectivity index (χ3n) is 4.78. The van der Waals surface area contributed by atoms with E-state index in [2.05, 4.69) is 16.3 Å². The maximum atomic E-state index is 13.0. The van der Waals surface area contributed by atoms with Crippen LogP contribution in [0.2, 0.25) is 0 Å². The van der Waals surface area contributed by atoms with E-state index in [0.29, 0.717) is 6.42 Å². The second-order valence-electron chi connectivity index (χ2n) is 6.70. The number of anilines is 1. The Morgan fingerprint density at radius 2 is 1.69 bits per heavy atom. The molecule has 0 atom stereocenters. The molecule has 1 aliphatic heterocycles. The number of amides is 1. The summed E-state index contributed by atoms with van der Waals surface area (Å²) in [6, 6.07) is 16.1. The molecule has 0 aromatic heterocycles. The Morgan fingerprint density at radius 1 is 1.08 bits per heavy atom. The fourth-order valence-corrected chi connectivity index (χ4v) is 3.24. The van der Waals surface area contributed by atoms with Crippen molar-refractivity contribution in [2.75, 3.05) is 18.4 Å². The number of hydrogen-bond acceptors (Lipinski definition) is 3. The summed E-state index contributed by atoms with van der Waals surface area (Å²) in [4.78, 5) is 14.8. The molecule has 3 rings (SSSR count). The molecule has 26 heavy (non-hydrogen) atoms. The SMILES string of the molecule is N#CCc1ccc(NC(=O)C2CCN(Cc3ccc(F)cc3)CC2)cc1. The number of nitrogens with zero attached hydrogens (tertiary/aromatic N) is 2. The molecule has 2 aromatic carbocycles. The van der Waals surface area contributed by atoms with Gasteiger partial charge >= 0.3 is 0 Å². The predicted octanol–water partition coefficient (Wildman–Crippen LogP) is 3.74. The molecule has 1 amide bonds. The Kier molecular flexibility index (Phi) is 5.98. The van der Waals surface area contributed by atoms with Gasteiger partial charge in [0, 0.05) is 18.2 Å². The highest BCUT2D eigenvalue weighted by molar-refractivity contribution is 5.92. The molecular weight excluding hydrogens is 329 g/mol. The molecule has 0 saturated carbocycles. The number of likely N-dealkylation sites (tertiary alicyclic amines) is 1. The quantitative estimate of drug-likeness (QED) is 0.893. The zero-order valence-corrected chi connectivity index (χ0v) is 14.6. The van der Waals surface area contributed by atoms with Crippen molar-refractivity contribution in [3.05, 3.63) is 65.5 Å². The monoisotopic (exact) mass is 351 g/mol. The summed E-state index contributed by atoms with van der Waals surface area (Å²) < 4.78 is 13.0. The number of benzene rings is 2. The van der Waals surface area contributed by atoms with Crippen molar-refractivity contribution in [2.45, 2.75) is 25.8 Å². The number of halogens is 1. The van der Waals surface area contributed by atoms with Crippen LogP contribution in [0.1, 0.15) is 24.0 Å². The molecule has 0 unspecified atom stereocenters. The van der Waals surface area contributed by atoms with E-state index < -0.39 is 0 Å². The topological polar surface area (TPSA) is 56.1 Å². The van der Waals surface area contributed by atoms with Crippen molar-refractivity contribution >= 4 is 11.6 Å². The zero-order chi connectivity index (χ0) is 18.4. The fourth-order valence-electron chi connectivity index (χ4n) is 3.24. The van der Waals surface area contributed by atoms with Gasteiger partial charge < -0.3 is 5.32 Å². The zero-order valence-electron chi connectivity index (χ0n) is 14.6. The van der Waals surface area contributed by atoms with Crippen molar-refractivity contribution in [1.29, 1.82) is 5.26 Å². The molecule has 4 nitrogen and oxygen atoms in total. The highest BCUT2D eigenvalue weighted by Gasteiger charge is 2.25. The van der Waals surface area contributed by atoms with Crippen LogP contribution in [0.25, 0.3) is 0 Å². The van der Waals surface area contributed by atoms with E-state index in [1.165, 1.54) is 12.1 Å². The number of rotatable bonds is 5. The minimum absolute atomic E-state index is 0.0123. The first-order valence-electron chi connectivity index (χ1n) is 8.87. The lowest BCUT2D eigenvalue weighted by atomic mass is 9.95. The van der Waals surface area contributed by atoms with Crippen molar-refractivity contribution in [3.8, 4) is 6.07 Å². The van der Waals surface area contributed by atoms with Gasteiger partial charge in [0.05, 0.1) is 12.5 Å². The second kappa shape index (κ2) is 8.59. The van der Waals surface area contributed by atoms with Crippen LogP contribution in [-0.4, -0.2) is 23.9 Å². The van der Waals surface area contributed by atoms with Crippen LogP contribution in [0.3, 0.4) is 0 Å². The number of nitrogens with one attached hydrogen (secondary N) is 1. The molecule has 1 N–H and O–H groups in total. The van der Waals surface area contributed by atoms with E-state index in [1.54, 1.807) is 0 Å². The second-order valence-corrected chi connectivity index (χ2v) is 6.70. The first-order valence-corrected chi connectivity index (χ1v) is 8.87. The first-order chi connectivity index (χ1) is 12.6. The van der Waals surface area contributed by atoms with Gasteiger partial charge in [-0.25, -0.2) is 4.39 Å². The molecule has 0 spiro atoms. The van der Waals surface area contributed by atoms with Gasteiger partial charge in [-0.1, -0.05) is 24.3 Å². The lowest BCUT2D eigenvalue weighted by Gasteiger charge is -2.31. The standard InChI is InChI=1S/C21H22FN3O/c22-19-5-1-17(2-6-19)15-25-13-10-18(11-14-25)21(26)24-20-7-3-16(4-8-20)9-12-23/h1-8,18H,9-11,13-15H2,(H,24,26). The van der Waals surface area contributed by atoms with Crippen molar-refractivity contribution < 1.29 is 9.18 Å². The van der Waals surface area contributed by atoms with Crippen LogP contribution in [0.15, 0.2) is 48.5 Å². The fraction of sp³-hybridized carbons (Fsp3) is 0.333. The normalized spacial score (nSPS) is 15.4. The van der Waals surface area contributed by atoms with Crippen LogP contribution in [-0.2, 0) is 17.8 Å². The number of hydrogen-bond donors (Lipinski definition) is 1. The van der Waals surface area contributed by atoms with E-state index >= 15 is 0 Å². The third-order valence-corrected chi connectivity index (χ3v) is 4.78. The lowest BCUT2D eigenvalue weighted by Crippen LogP contribution is -2.37.